The van der Waals surface area contributed by atoms with Crippen molar-refractivity contribution in [2.45, 2.75) is 26.2 Å². The highest BCUT2D eigenvalue weighted by atomic mass is 15.0. The van der Waals surface area contributed by atoms with Crippen molar-refractivity contribution in [3.63, 3.8) is 0 Å². The maximum Gasteiger partial charge on any atom is 0.398 e. The quantitative estimate of drug-likeness (QED) is 0.618. The van der Waals surface area contributed by atoms with Gasteiger partial charge < -0.3 is 10.5 Å². The smallest absolute Gasteiger partial charge is 0.398 e. The zero-order valence-electron chi connectivity index (χ0n) is 11.3. The van der Waals surface area contributed by atoms with Crippen LogP contribution in [0, 0.1) is 0 Å². The van der Waals surface area contributed by atoms with Crippen LogP contribution >= 0.6 is 0 Å². The molecular formula is C16H19BN2. The van der Waals surface area contributed by atoms with Crippen LogP contribution < -0.4 is 10.5 Å². The van der Waals surface area contributed by atoms with Gasteiger partial charge >= 0.3 is 6.98 Å². The van der Waals surface area contributed by atoms with Gasteiger partial charge in [0.05, 0.1) is 0 Å². The van der Waals surface area contributed by atoms with Crippen LogP contribution in [-0.4, -0.2) is 6.98 Å². The van der Waals surface area contributed by atoms with Crippen LogP contribution in [-0.2, 0) is 0 Å². The van der Waals surface area contributed by atoms with Gasteiger partial charge in [0.25, 0.3) is 0 Å². The lowest BCUT2D eigenvalue weighted by Gasteiger charge is -2.24. The number of hydrogen-bond acceptors (Lipinski definition) is 2. The molecule has 0 aromatic heterocycles. The van der Waals surface area contributed by atoms with E-state index >= 15 is 0 Å². The fraction of sp³-hybridized carbons (Fsp3) is 0.250. The standard InChI is InChI=1S/C16H19BN2/c1-2-3-4-5-12-17-18-14-10-6-8-13-9-7-11-15(19-17)16(13)14/h5-12,18-19H,2-4H2,1H3/b12-5+. The Labute approximate surface area is 115 Å². The summed E-state index contributed by atoms with van der Waals surface area (Å²) in [6.45, 7) is 2.42. The Hall–Kier alpha value is -1.90. The Morgan fingerprint density at radius 2 is 1.74 bits per heavy atom. The highest BCUT2D eigenvalue weighted by Crippen LogP contribution is 2.33. The minimum Gasteiger partial charge on any atom is -0.405 e. The van der Waals surface area contributed by atoms with Gasteiger partial charge in [-0.3, -0.25) is 0 Å². The number of hydrogen-bond donors (Lipinski definition) is 2. The largest absolute Gasteiger partial charge is 0.405 e. The molecule has 3 rings (SSSR count). The molecule has 96 valence electrons. The average Bonchev–Trinajstić information content (AvgIpc) is 2.44. The molecule has 0 aliphatic carbocycles. The van der Waals surface area contributed by atoms with E-state index in [-0.39, 0.29) is 6.98 Å². The van der Waals surface area contributed by atoms with E-state index in [1.807, 2.05) is 0 Å². The third-order valence-electron chi connectivity index (χ3n) is 3.58. The van der Waals surface area contributed by atoms with Crippen molar-refractivity contribution in [2.24, 2.45) is 0 Å². The van der Waals surface area contributed by atoms with Crippen LogP contribution in [0.25, 0.3) is 10.8 Å². The van der Waals surface area contributed by atoms with Gasteiger partial charge in [-0.05, 0) is 23.9 Å². The third-order valence-corrected chi connectivity index (χ3v) is 3.58. The lowest BCUT2D eigenvalue weighted by Crippen LogP contribution is -2.35. The van der Waals surface area contributed by atoms with Gasteiger partial charge in [-0.1, -0.05) is 56.1 Å². The first kappa shape index (κ1) is 12.2. The van der Waals surface area contributed by atoms with Crippen LogP contribution in [0.3, 0.4) is 0 Å². The Kier molecular flexibility index (Phi) is 3.45. The highest BCUT2D eigenvalue weighted by Gasteiger charge is 2.20. The molecule has 0 bridgehead atoms. The summed E-state index contributed by atoms with van der Waals surface area (Å²) in [4.78, 5) is 0. The number of unbranched alkanes of at least 4 members (excludes halogenated alkanes) is 2. The van der Waals surface area contributed by atoms with Crippen LogP contribution in [0.4, 0.5) is 11.4 Å². The second-order valence-corrected chi connectivity index (χ2v) is 5.05. The molecule has 2 nitrogen and oxygen atoms in total. The second kappa shape index (κ2) is 5.39. The fourth-order valence-corrected chi connectivity index (χ4v) is 2.60. The Morgan fingerprint density at radius 3 is 2.37 bits per heavy atom. The Balaban J connectivity index is 1.84. The van der Waals surface area contributed by atoms with Gasteiger partial charge in [-0.25, -0.2) is 0 Å². The van der Waals surface area contributed by atoms with E-state index in [2.05, 4.69) is 65.8 Å². The van der Waals surface area contributed by atoms with Gasteiger partial charge in [0.1, 0.15) is 0 Å². The molecule has 0 radical (unpaired) electrons. The summed E-state index contributed by atoms with van der Waals surface area (Å²) in [7, 11) is 0. The molecule has 1 aliphatic rings. The Morgan fingerprint density at radius 1 is 1.05 bits per heavy atom. The molecule has 0 amide bonds. The SMILES string of the molecule is CCCC/C=C/B1Nc2cccc3cccc(c23)N1. The van der Waals surface area contributed by atoms with E-state index in [4.69, 9.17) is 0 Å². The molecule has 2 N–H and O–H groups in total. The van der Waals surface area contributed by atoms with Crippen molar-refractivity contribution >= 4 is 29.1 Å². The normalized spacial score (nSPS) is 13.6. The van der Waals surface area contributed by atoms with Crippen molar-refractivity contribution in [3.8, 4) is 0 Å². The first-order chi connectivity index (χ1) is 9.38. The van der Waals surface area contributed by atoms with Crippen molar-refractivity contribution in [3.05, 3.63) is 48.4 Å². The number of rotatable bonds is 4. The maximum atomic E-state index is 3.54. The fourth-order valence-electron chi connectivity index (χ4n) is 2.60. The Bertz CT molecular complexity index is 566. The van der Waals surface area contributed by atoms with Gasteiger partial charge in [0.2, 0.25) is 0 Å². The molecule has 3 heteroatoms. The first-order valence-electron chi connectivity index (χ1n) is 7.10. The van der Waals surface area contributed by atoms with E-state index in [0.717, 1.165) is 6.42 Å². The van der Waals surface area contributed by atoms with Crippen molar-refractivity contribution in [2.75, 3.05) is 10.5 Å². The topological polar surface area (TPSA) is 24.1 Å². The first-order valence-corrected chi connectivity index (χ1v) is 7.10. The molecule has 0 unspecified atom stereocenters. The summed E-state index contributed by atoms with van der Waals surface area (Å²) in [5.74, 6) is 2.23. The van der Waals surface area contributed by atoms with E-state index < -0.39 is 0 Å². The molecule has 19 heavy (non-hydrogen) atoms. The summed E-state index contributed by atoms with van der Waals surface area (Å²) < 4.78 is 0. The number of benzene rings is 2. The molecule has 0 spiro atoms. The summed E-state index contributed by atoms with van der Waals surface area (Å²) in [6.07, 6.45) is 5.93. The monoisotopic (exact) mass is 250 g/mol. The molecule has 1 aliphatic heterocycles. The maximum absolute atomic E-state index is 3.54. The average molecular weight is 250 g/mol. The molecule has 0 saturated heterocycles. The van der Waals surface area contributed by atoms with E-state index in [9.17, 15) is 0 Å². The van der Waals surface area contributed by atoms with Crippen LogP contribution in [0.1, 0.15) is 26.2 Å². The predicted molar refractivity (Wildman–Crippen MR) is 85.6 cm³/mol. The van der Waals surface area contributed by atoms with Crippen molar-refractivity contribution < 1.29 is 0 Å². The predicted octanol–water partition coefficient (Wildman–Crippen LogP) is 4.45. The lowest BCUT2D eigenvalue weighted by molar-refractivity contribution is 0.815. The molecule has 0 saturated carbocycles. The molecule has 2 aromatic rings. The van der Waals surface area contributed by atoms with Gasteiger partial charge in [-0.2, -0.15) is 0 Å². The van der Waals surface area contributed by atoms with E-state index in [1.54, 1.807) is 0 Å². The van der Waals surface area contributed by atoms with Gasteiger partial charge in [0.15, 0.2) is 0 Å². The number of allylic oxidation sites excluding steroid dienone is 1. The molecular weight excluding hydrogens is 231 g/mol. The van der Waals surface area contributed by atoms with E-state index in [0.29, 0.717) is 0 Å². The number of anilines is 2. The molecule has 0 atom stereocenters. The minimum atomic E-state index is 0.192. The summed E-state index contributed by atoms with van der Waals surface area (Å²) in [6, 6.07) is 12.8. The molecule has 1 heterocycles. The van der Waals surface area contributed by atoms with Crippen LogP contribution in [0.5, 0.6) is 0 Å². The lowest BCUT2D eigenvalue weighted by atomic mass is 9.73. The van der Waals surface area contributed by atoms with E-state index in [1.165, 1.54) is 35.0 Å². The second-order valence-electron chi connectivity index (χ2n) is 5.05. The molecule has 2 aromatic carbocycles. The summed E-state index contributed by atoms with van der Waals surface area (Å²) >= 11 is 0. The van der Waals surface area contributed by atoms with Crippen LogP contribution in [0.15, 0.2) is 48.4 Å². The third kappa shape index (κ3) is 2.46. The van der Waals surface area contributed by atoms with Crippen LogP contribution in [0.2, 0.25) is 0 Å². The van der Waals surface area contributed by atoms with Gasteiger partial charge in [-0.15, -0.1) is 0 Å². The van der Waals surface area contributed by atoms with Crippen molar-refractivity contribution in [1.82, 2.24) is 0 Å². The minimum absolute atomic E-state index is 0.192. The van der Waals surface area contributed by atoms with Crippen molar-refractivity contribution in [1.29, 1.82) is 0 Å². The summed E-state index contributed by atoms with van der Waals surface area (Å²) in [5, 5.41) is 9.66. The highest BCUT2D eigenvalue weighted by molar-refractivity contribution is 6.72. The zero-order chi connectivity index (χ0) is 13.1. The molecule has 0 fully saturated rings. The summed E-state index contributed by atoms with van der Waals surface area (Å²) in [5.41, 5.74) is 2.44. The zero-order valence-corrected chi connectivity index (χ0v) is 11.3. The van der Waals surface area contributed by atoms with Gasteiger partial charge in [0, 0.05) is 16.8 Å². The number of nitrogens with one attached hydrogen (secondary N) is 2.